The van der Waals surface area contributed by atoms with E-state index in [1.165, 1.54) is 4.90 Å². The third kappa shape index (κ3) is 5.15. The van der Waals surface area contributed by atoms with Gasteiger partial charge in [0.25, 0.3) is 5.91 Å². The van der Waals surface area contributed by atoms with E-state index in [4.69, 9.17) is 9.47 Å². The summed E-state index contributed by atoms with van der Waals surface area (Å²) in [6, 6.07) is 5.64. The molecule has 1 aromatic heterocycles. The number of nitrogens with zero attached hydrogens (tertiary/aromatic N) is 2. The average Bonchev–Trinajstić information content (AvgIpc) is 3.15. The first kappa shape index (κ1) is 21.3. The fourth-order valence-electron chi connectivity index (χ4n) is 3.29. The Labute approximate surface area is 175 Å². The molecule has 156 valence electrons. The van der Waals surface area contributed by atoms with E-state index in [1.807, 2.05) is 37.4 Å². The molecule has 1 aliphatic heterocycles. The first-order chi connectivity index (χ1) is 14.0. The molecule has 7 heteroatoms. The van der Waals surface area contributed by atoms with Crippen LogP contribution in [0.4, 0.5) is 5.69 Å². The van der Waals surface area contributed by atoms with Gasteiger partial charge in [-0.1, -0.05) is 33.1 Å². The van der Waals surface area contributed by atoms with Gasteiger partial charge in [-0.2, -0.15) is 0 Å². The van der Waals surface area contributed by atoms with Gasteiger partial charge >= 0.3 is 5.97 Å². The summed E-state index contributed by atoms with van der Waals surface area (Å²) in [6.07, 6.45) is 4.09. The summed E-state index contributed by atoms with van der Waals surface area (Å²) in [5.74, 6) is -0.00936. The van der Waals surface area contributed by atoms with E-state index in [-0.39, 0.29) is 12.5 Å². The van der Waals surface area contributed by atoms with Crippen molar-refractivity contribution in [2.24, 2.45) is 0 Å². The summed E-state index contributed by atoms with van der Waals surface area (Å²) in [5, 5.41) is 2.95. The number of anilines is 1. The van der Waals surface area contributed by atoms with Crippen LogP contribution in [0.3, 0.4) is 0 Å². The van der Waals surface area contributed by atoms with Gasteiger partial charge in [-0.15, -0.1) is 11.3 Å². The van der Waals surface area contributed by atoms with Gasteiger partial charge in [-0.3, -0.25) is 14.5 Å². The van der Waals surface area contributed by atoms with Gasteiger partial charge in [0, 0.05) is 10.9 Å². The Kier molecular flexibility index (Phi) is 7.25. The number of hydrogen-bond donors (Lipinski definition) is 0. The average molecular weight is 417 g/mol. The van der Waals surface area contributed by atoms with Gasteiger partial charge in [0.15, 0.2) is 6.10 Å². The number of carbonyl (C=O) groups is 2. The lowest BCUT2D eigenvalue weighted by atomic mass is 10.1. The van der Waals surface area contributed by atoms with Gasteiger partial charge in [0.2, 0.25) is 0 Å². The molecule has 2 aromatic rings. The number of thiazole rings is 1. The molecule has 0 bridgehead atoms. The van der Waals surface area contributed by atoms with Crippen molar-refractivity contribution in [3.05, 3.63) is 28.6 Å². The summed E-state index contributed by atoms with van der Waals surface area (Å²) in [7, 11) is 0. The first-order valence-electron chi connectivity index (χ1n) is 10.2. The molecule has 1 atom stereocenters. The van der Waals surface area contributed by atoms with Crippen LogP contribution in [0.5, 0.6) is 5.75 Å². The minimum absolute atomic E-state index is 0.112. The van der Waals surface area contributed by atoms with Crippen LogP contribution < -0.4 is 9.64 Å². The zero-order valence-corrected chi connectivity index (χ0v) is 18.1. The summed E-state index contributed by atoms with van der Waals surface area (Å²) in [5.41, 5.74) is 2.32. The maximum Gasteiger partial charge on any atom is 0.326 e. The SMILES string of the molecule is CCCCCCOC(=O)CN1C(=O)C(CC)Oc2ccc(-c3csc(C)n3)cc21. The topological polar surface area (TPSA) is 68.7 Å². The Bertz CT molecular complexity index is 864. The van der Waals surface area contributed by atoms with E-state index in [0.29, 0.717) is 24.5 Å². The number of ether oxygens (including phenoxy) is 2. The third-order valence-corrected chi connectivity index (χ3v) is 5.67. The summed E-state index contributed by atoms with van der Waals surface area (Å²) >= 11 is 1.57. The van der Waals surface area contributed by atoms with E-state index < -0.39 is 12.1 Å². The monoisotopic (exact) mass is 416 g/mol. The predicted molar refractivity (Wildman–Crippen MR) is 114 cm³/mol. The van der Waals surface area contributed by atoms with Crippen LogP contribution in [-0.2, 0) is 14.3 Å². The van der Waals surface area contributed by atoms with Crippen LogP contribution >= 0.6 is 11.3 Å². The molecular weight excluding hydrogens is 388 g/mol. The quantitative estimate of drug-likeness (QED) is 0.436. The normalized spacial score (nSPS) is 15.8. The molecule has 0 N–H and O–H groups in total. The Balaban J connectivity index is 1.78. The van der Waals surface area contributed by atoms with Crippen molar-refractivity contribution < 1.29 is 19.1 Å². The highest BCUT2D eigenvalue weighted by molar-refractivity contribution is 7.09. The van der Waals surface area contributed by atoms with Crippen molar-refractivity contribution >= 4 is 28.9 Å². The molecule has 1 aliphatic rings. The molecule has 6 nitrogen and oxygen atoms in total. The van der Waals surface area contributed by atoms with Crippen LogP contribution in [0, 0.1) is 6.92 Å². The molecule has 1 amide bonds. The van der Waals surface area contributed by atoms with Crippen LogP contribution in [0.15, 0.2) is 23.6 Å². The molecular formula is C22H28N2O4S. The van der Waals surface area contributed by atoms with Gasteiger partial charge in [0.05, 0.1) is 23.0 Å². The lowest BCUT2D eigenvalue weighted by Crippen LogP contribution is -2.48. The number of carbonyl (C=O) groups excluding carboxylic acids is 2. The Morgan fingerprint density at radius 2 is 2.10 bits per heavy atom. The predicted octanol–water partition coefficient (Wildman–Crippen LogP) is 4.75. The molecule has 0 radical (unpaired) electrons. The second-order valence-electron chi connectivity index (χ2n) is 7.15. The van der Waals surface area contributed by atoms with Gasteiger partial charge in [0.1, 0.15) is 12.3 Å². The molecule has 29 heavy (non-hydrogen) atoms. The number of aromatic nitrogens is 1. The Hall–Kier alpha value is -2.41. The van der Waals surface area contributed by atoms with Crippen molar-refractivity contribution in [3.8, 4) is 17.0 Å². The van der Waals surface area contributed by atoms with Crippen molar-refractivity contribution in [2.45, 2.75) is 59.0 Å². The smallest absolute Gasteiger partial charge is 0.326 e. The van der Waals surface area contributed by atoms with Crippen LogP contribution in [0.2, 0.25) is 0 Å². The molecule has 1 unspecified atom stereocenters. The van der Waals surface area contributed by atoms with Crippen molar-refractivity contribution in [3.63, 3.8) is 0 Å². The van der Waals surface area contributed by atoms with Crippen molar-refractivity contribution in [1.29, 1.82) is 0 Å². The highest BCUT2D eigenvalue weighted by Gasteiger charge is 2.35. The van der Waals surface area contributed by atoms with E-state index >= 15 is 0 Å². The first-order valence-corrected chi connectivity index (χ1v) is 11.1. The Morgan fingerprint density at radius 1 is 1.28 bits per heavy atom. The number of aryl methyl sites for hydroxylation is 1. The molecule has 0 saturated carbocycles. The second kappa shape index (κ2) is 9.87. The second-order valence-corrected chi connectivity index (χ2v) is 8.22. The van der Waals surface area contributed by atoms with Gasteiger partial charge < -0.3 is 9.47 Å². The highest BCUT2D eigenvalue weighted by Crippen LogP contribution is 2.38. The van der Waals surface area contributed by atoms with E-state index in [2.05, 4.69) is 11.9 Å². The summed E-state index contributed by atoms with van der Waals surface area (Å²) < 4.78 is 11.2. The molecule has 2 heterocycles. The van der Waals surface area contributed by atoms with Crippen LogP contribution in [-0.4, -0.2) is 36.1 Å². The fraction of sp³-hybridized carbons (Fsp3) is 0.500. The van der Waals surface area contributed by atoms with Crippen LogP contribution in [0.25, 0.3) is 11.3 Å². The zero-order chi connectivity index (χ0) is 20.8. The standard InChI is InChI=1S/C22H28N2O4S/c1-4-6-7-8-11-27-21(25)13-24-18-12-16(17-14-29-15(3)23-17)9-10-20(18)28-19(5-2)22(24)26/h9-10,12,14,19H,4-8,11,13H2,1-3H3. The number of hydrogen-bond acceptors (Lipinski definition) is 6. The summed E-state index contributed by atoms with van der Waals surface area (Å²) in [6.45, 7) is 6.26. The molecule has 3 rings (SSSR count). The van der Waals surface area contributed by atoms with E-state index in [9.17, 15) is 9.59 Å². The van der Waals surface area contributed by atoms with Gasteiger partial charge in [-0.25, -0.2) is 4.98 Å². The maximum absolute atomic E-state index is 12.9. The summed E-state index contributed by atoms with van der Waals surface area (Å²) in [4.78, 5) is 31.3. The number of fused-ring (bicyclic) bond motifs is 1. The third-order valence-electron chi connectivity index (χ3n) is 4.89. The number of esters is 1. The van der Waals surface area contributed by atoms with Crippen LogP contribution in [0.1, 0.15) is 51.0 Å². The number of benzene rings is 1. The number of rotatable bonds is 9. The molecule has 0 spiro atoms. The molecule has 0 saturated heterocycles. The Morgan fingerprint density at radius 3 is 2.79 bits per heavy atom. The minimum atomic E-state index is -0.591. The van der Waals surface area contributed by atoms with Gasteiger partial charge in [-0.05, 0) is 38.0 Å². The van der Waals surface area contributed by atoms with E-state index in [0.717, 1.165) is 41.9 Å². The molecule has 0 fully saturated rings. The van der Waals surface area contributed by atoms with E-state index in [1.54, 1.807) is 11.3 Å². The highest BCUT2D eigenvalue weighted by atomic mass is 32.1. The zero-order valence-electron chi connectivity index (χ0n) is 17.3. The van der Waals surface area contributed by atoms with Crippen molar-refractivity contribution in [1.82, 2.24) is 4.98 Å². The maximum atomic E-state index is 12.9. The lowest BCUT2D eigenvalue weighted by Gasteiger charge is -2.33. The lowest BCUT2D eigenvalue weighted by molar-refractivity contribution is -0.143. The number of amides is 1. The molecule has 0 aliphatic carbocycles. The number of unbranched alkanes of at least 4 members (excludes halogenated alkanes) is 3. The molecule has 1 aromatic carbocycles. The largest absolute Gasteiger partial charge is 0.478 e. The van der Waals surface area contributed by atoms with Crippen molar-refractivity contribution in [2.75, 3.05) is 18.1 Å². The minimum Gasteiger partial charge on any atom is -0.478 e. The fourth-order valence-corrected chi connectivity index (χ4v) is 3.91.